The molecule has 0 saturated carbocycles. The predicted octanol–water partition coefficient (Wildman–Crippen LogP) is 3.46. The molecule has 2 aromatic rings. The summed E-state index contributed by atoms with van der Waals surface area (Å²) in [5, 5.41) is 6.47. The van der Waals surface area contributed by atoms with E-state index in [2.05, 4.69) is 25.5 Å². The molecule has 1 fully saturated rings. The van der Waals surface area contributed by atoms with E-state index in [-0.39, 0.29) is 24.0 Å². The summed E-state index contributed by atoms with van der Waals surface area (Å²) in [6.07, 6.45) is -1.94. The van der Waals surface area contributed by atoms with Gasteiger partial charge in [-0.05, 0) is 30.2 Å². The second kappa shape index (κ2) is 12.1. The molecule has 0 atom stereocenters. The van der Waals surface area contributed by atoms with Crippen molar-refractivity contribution in [3.63, 3.8) is 0 Å². The summed E-state index contributed by atoms with van der Waals surface area (Å²) in [6, 6.07) is 9.16. The average molecular weight is 549 g/mol. The molecular formula is C21H27F3IN5O. The van der Waals surface area contributed by atoms with Gasteiger partial charge in [0.2, 0.25) is 0 Å². The van der Waals surface area contributed by atoms with E-state index in [9.17, 15) is 13.2 Å². The summed E-state index contributed by atoms with van der Waals surface area (Å²) in [5.74, 6) is 1.56. The first-order valence-corrected chi connectivity index (χ1v) is 9.84. The van der Waals surface area contributed by atoms with Gasteiger partial charge in [-0.1, -0.05) is 18.2 Å². The molecule has 31 heavy (non-hydrogen) atoms. The number of nitrogens with zero attached hydrogens (tertiary/aromatic N) is 3. The third kappa shape index (κ3) is 7.53. The van der Waals surface area contributed by atoms with Gasteiger partial charge in [-0.15, -0.1) is 24.0 Å². The Bertz CT molecular complexity index is 840. The van der Waals surface area contributed by atoms with Gasteiger partial charge in [0.05, 0.1) is 18.8 Å². The summed E-state index contributed by atoms with van der Waals surface area (Å²) >= 11 is 0. The predicted molar refractivity (Wildman–Crippen MR) is 126 cm³/mol. The molecule has 0 unspecified atom stereocenters. The third-order valence-electron chi connectivity index (χ3n) is 4.84. The lowest BCUT2D eigenvalue weighted by molar-refractivity contribution is -0.137. The van der Waals surface area contributed by atoms with Crippen LogP contribution in [0.2, 0.25) is 0 Å². The molecule has 6 nitrogen and oxygen atoms in total. The van der Waals surface area contributed by atoms with Crippen molar-refractivity contribution in [2.24, 2.45) is 4.99 Å². The number of pyridine rings is 1. The maximum Gasteiger partial charge on any atom is 0.416 e. The number of aliphatic imine (C=N–C) groups is 1. The fraction of sp³-hybridized carbons (Fsp3) is 0.429. The van der Waals surface area contributed by atoms with Crippen LogP contribution in [0, 0.1) is 0 Å². The molecule has 1 aromatic carbocycles. The number of anilines is 1. The molecule has 1 aliphatic rings. The van der Waals surface area contributed by atoms with Crippen molar-refractivity contribution < 1.29 is 17.9 Å². The van der Waals surface area contributed by atoms with Crippen LogP contribution < -0.4 is 15.5 Å². The van der Waals surface area contributed by atoms with Gasteiger partial charge in [0, 0.05) is 45.0 Å². The first kappa shape index (κ1) is 25.2. The number of ether oxygens (including phenoxy) is 1. The molecule has 1 aromatic heterocycles. The highest BCUT2D eigenvalue weighted by Gasteiger charge is 2.29. The maximum absolute atomic E-state index is 12.6. The molecule has 10 heteroatoms. The number of aromatic nitrogens is 1. The zero-order valence-electron chi connectivity index (χ0n) is 17.3. The Kier molecular flexibility index (Phi) is 9.82. The highest BCUT2D eigenvalue weighted by Crippen LogP contribution is 2.29. The zero-order valence-corrected chi connectivity index (χ0v) is 19.6. The van der Waals surface area contributed by atoms with Crippen LogP contribution in [0.5, 0.6) is 0 Å². The van der Waals surface area contributed by atoms with Crippen molar-refractivity contribution in [3.05, 3.63) is 59.3 Å². The number of guanidine groups is 1. The molecule has 1 saturated heterocycles. The van der Waals surface area contributed by atoms with Crippen LogP contribution in [-0.4, -0.2) is 50.8 Å². The van der Waals surface area contributed by atoms with Crippen molar-refractivity contribution in [2.45, 2.75) is 19.1 Å². The van der Waals surface area contributed by atoms with E-state index in [0.717, 1.165) is 42.2 Å². The molecule has 2 heterocycles. The standard InChI is InChI=1S/C21H26F3N5O.HI/c1-25-20(27-10-8-16-4-6-18(7-5-16)21(22,23)24)28-15-17-3-2-9-26-19(17)29-11-13-30-14-12-29;/h2-7,9H,8,10-15H2,1H3,(H2,25,27,28);1H. The minimum Gasteiger partial charge on any atom is -0.378 e. The van der Waals surface area contributed by atoms with E-state index in [1.165, 1.54) is 12.1 Å². The SMILES string of the molecule is CN=C(NCCc1ccc(C(F)(F)F)cc1)NCc1cccnc1N1CCOCC1.I. The highest BCUT2D eigenvalue weighted by atomic mass is 127. The normalized spacial score (nSPS) is 14.7. The lowest BCUT2D eigenvalue weighted by Crippen LogP contribution is -2.40. The van der Waals surface area contributed by atoms with Gasteiger partial charge in [-0.2, -0.15) is 13.2 Å². The number of hydrogen-bond acceptors (Lipinski definition) is 4. The zero-order chi connectivity index (χ0) is 21.4. The average Bonchev–Trinajstić information content (AvgIpc) is 2.76. The number of benzene rings is 1. The Morgan fingerprint density at radius 3 is 2.48 bits per heavy atom. The molecule has 170 valence electrons. The third-order valence-corrected chi connectivity index (χ3v) is 4.84. The second-order valence-corrected chi connectivity index (χ2v) is 6.88. The molecule has 0 amide bonds. The van der Waals surface area contributed by atoms with Crippen molar-refractivity contribution in [3.8, 4) is 0 Å². The Hall–Kier alpha value is -2.08. The molecule has 1 aliphatic heterocycles. The number of nitrogens with one attached hydrogen (secondary N) is 2. The Labute approximate surface area is 197 Å². The number of rotatable bonds is 6. The molecule has 0 radical (unpaired) electrons. The summed E-state index contributed by atoms with van der Waals surface area (Å²) in [6.45, 7) is 4.11. The molecule has 0 bridgehead atoms. The van der Waals surface area contributed by atoms with Crippen LogP contribution in [0.3, 0.4) is 0 Å². The first-order chi connectivity index (χ1) is 14.5. The van der Waals surface area contributed by atoms with E-state index in [1.807, 2.05) is 12.1 Å². The molecule has 0 spiro atoms. The highest BCUT2D eigenvalue weighted by molar-refractivity contribution is 14.0. The van der Waals surface area contributed by atoms with Crippen molar-refractivity contribution in [1.82, 2.24) is 15.6 Å². The molecular weight excluding hydrogens is 522 g/mol. The van der Waals surface area contributed by atoms with E-state index in [1.54, 1.807) is 13.2 Å². The van der Waals surface area contributed by atoms with Crippen LogP contribution in [0.1, 0.15) is 16.7 Å². The van der Waals surface area contributed by atoms with Crippen LogP contribution in [0.4, 0.5) is 19.0 Å². The topological polar surface area (TPSA) is 61.8 Å². The Morgan fingerprint density at radius 1 is 1.13 bits per heavy atom. The molecule has 3 rings (SSSR count). The van der Waals surface area contributed by atoms with Crippen LogP contribution in [0.15, 0.2) is 47.6 Å². The van der Waals surface area contributed by atoms with Crippen LogP contribution in [-0.2, 0) is 23.9 Å². The quantitative estimate of drug-likeness (QED) is 0.329. The smallest absolute Gasteiger partial charge is 0.378 e. The fourth-order valence-corrected chi connectivity index (χ4v) is 3.21. The monoisotopic (exact) mass is 549 g/mol. The maximum atomic E-state index is 12.6. The minimum atomic E-state index is -4.31. The summed E-state index contributed by atoms with van der Waals surface area (Å²) in [7, 11) is 1.68. The number of halogens is 4. The number of morpholine rings is 1. The van der Waals surface area contributed by atoms with Crippen LogP contribution >= 0.6 is 24.0 Å². The lowest BCUT2D eigenvalue weighted by Gasteiger charge is -2.29. The Balaban J connectivity index is 0.00000341. The Morgan fingerprint density at radius 2 is 1.84 bits per heavy atom. The van der Waals surface area contributed by atoms with Crippen molar-refractivity contribution in [1.29, 1.82) is 0 Å². The van der Waals surface area contributed by atoms with E-state index < -0.39 is 11.7 Å². The van der Waals surface area contributed by atoms with E-state index >= 15 is 0 Å². The van der Waals surface area contributed by atoms with Gasteiger partial charge in [0.1, 0.15) is 5.82 Å². The van der Waals surface area contributed by atoms with E-state index in [0.29, 0.717) is 38.7 Å². The van der Waals surface area contributed by atoms with Gasteiger partial charge in [0.15, 0.2) is 5.96 Å². The lowest BCUT2D eigenvalue weighted by atomic mass is 10.1. The van der Waals surface area contributed by atoms with Crippen LogP contribution in [0.25, 0.3) is 0 Å². The van der Waals surface area contributed by atoms with Gasteiger partial charge >= 0.3 is 6.18 Å². The van der Waals surface area contributed by atoms with Gasteiger partial charge in [-0.3, -0.25) is 4.99 Å². The molecule has 2 N–H and O–H groups in total. The van der Waals surface area contributed by atoms with Crippen molar-refractivity contribution >= 4 is 35.8 Å². The summed E-state index contributed by atoms with van der Waals surface area (Å²) in [5.41, 5.74) is 1.25. The minimum absolute atomic E-state index is 0. The first-order valence-electron chi connectivity index (χ1n) is 9.84. The molecule has 0 aliphatic carbocycles. The van der Waals surface area contributed by atoms with Gasteiger partial charge in [-0.25, -0.2) is 4.98 Å². The summed E-state index contributed by atoms with van der Waals surface area (Å²) < 4.78 is 43.3. The fourth-order valence-electron chi connectivity index (χ4n) is 3.21. The van der Waals surface area contributed by atoms with Gasteiger partial charge in [0.25, 0.3) is 0 Å². The van der Waals surface area contributed by atoms with E-state index in [4.69, 9.17) is 4.74 Å². The number of hydrogen-bond donors (Lipinski definition) is 2. The summed E-state index contributed by atoms with van der Waals surface area (Å²) in [4.78, 5) is 10.9. The van der Waals surface area contributed by atoms with Gasteiger partial charge < -0.3 is 20.3 Å². The largest absolute Gasteiger partial charge is 0.416 e. The second-order valence-electron chi connectivity index (χ2n) is 6.88. The number of alkyl halides is 3. The van der Waals surface area contributed by atoms with Crippen molar-refractivity contribution in [2.75, 3.05) is 44.8 Å².